The number of amides is 1. The molecule has 1 fully saturated rings. The van der Waals surface area contributed by atoms with E-state index in [0.717, 1.165) is 16.7 Å². The third-order valence-electron chi connectivity index (χ3n) is 5.13. The second-order valence-corrected chi connectivity index (χ2v) is 6.92. The lowest BCUT2D eigenvalue weighted by Crippen LogP contribution is -2.56. The average Bonchev–Trinajstić information content (AvgIpc) is 2.71. The number of methoxy groups -OCH3 is 1. The van der Waals surface area contributed by atoms with Gasteiger partial charge < -0.3 is 14.2 Å². The highest BCUT2D eigenvalue weighted by atomic mass is 19.1. The summed E-state index contributed by atoms with van der Waals surface area (Å²) in [6.45, 7) is 1.04. The van der Waals surface area contributed by atoms with E-state index in [0.29, 0.717) is 19.6 Å². The smallest absolute Gasteiger partial charge is 0.411 e. The van der Waals surface area contributed by atoms with Gasteiger partial charge >= 0.3 is 6.09 Å². The maximum atomic E-state index is 14.1. The molecule has 0 spiro atoms. The molecule has 0 N–H and O–H groups in total. The van der Waals surface area contributed by atoms with Gasteiger partial charge in [0.15, 0.2) is 11.6 Å². The van der Waals surface area contributed by atoms with E-state index in [1.165, 1.54) is 13.2 Å². The molecule has 2 aliphatic rings. The molecule has 2 aromatic carbocycles. The summed E-state index contributed by atoms with van der Waals surface area (Å²) in [5, 5.41) is 0. The second kappa shape index (κ2) is 8.02. The standard InChI is InChI=1S/C22H22FNO4/c1-26-21-19(8-5-9-20(21)23)16-10-17-13-27-14-18(11-16)24(17)22(25)28-12-15-6-3-2-4-7-15/h2-10,17-18H,11-14H2,1H3. The molecule has 2 unspecified atom stereocenters. The third kappa shape index (κ3) is 3.60. The first kappa shape index (κ1) is 18.5. The highest BCUT2D eigenvalue weighted by Crippen LogP contribution is 2.37. The molecule has 146 valence electrons. The fraction of sp³-hybridized carbons (Fsp3) is 0.318. The summed E-state index contributed by atoms with van der Waals surface area (Å²) in [6, 6.07) is 14.1. The normalized spacial score (nSPS) is 21.1. The highest BCUT2D eigenvalue weighted by Gasteiger charge is 2.39. The Morgan fingerprint density at radius 1 is 1.18 bits per heavy atom. The van der Waals surface area contributed by atoms with Crippen molar-refractivity contribution >= 4 is 11.7 Å². The summed E-state index contributed by atoms with van der Waals surface area (Å²) in [5.41, 5.74) is 2.62. The van der Waals surface area contributed by atoms with Crippen molar-refractivity contribution in [2.75, 3.05) is 20.3 Å². The molecule has 0 aromatic heterocycles. The number of ether oxygens (including phenoxy) is 3. The van der Waals surface area contributed by atoms with Gasteiger partial charge in [0, 0.05) is 5.56 Å². The van der Waals surface area contributed by atoms with Crippen molar-refractivity contribution in [3.8, 4) is 5.75 Å². The second-order valence-electron chi connectivity index (χ2n) is 6.92. The predicted molar refractivity (Wildman–Crippen MR) is 102 cm³/mol. The number of nitrogens with zero attached hydrogens (tertiary/aromatic N) is 1. The van der Waals surface area contributed by atoms with Gasteiger partial charge in [-0.25, -0.2) is 9.18 Å². The van der Waals surface area contributed by atoms with Crippen LogP contribution in [0.3, 0.4) is 0 Å². The lowest BCUT2D eigenvalue weighted by atomic mass is 9.89. The van der Waals surface area contributed by atoms with Crippen molar-refractivity contribution in [3.05, 3.63) is 71.6 Å². The Bertz CT molecular complexity index is 883. The van der Waals surface area contributed by atoms with Gasteiger partial charge in [-0.1, -0.05) is 48.5 Å². The van der Waals surface area contributed by atoms with Crippen molar-refractivity contribution in [1.82, 2.24) is 4.90 Å². The van der Waals surface area contributed by atoms with Crippen LogP contribution in [0.5, 0.6) is 5.75 Å². The van der Waals surface area contributed by atoms with Gasteiger partial charge in [0.25, 0.3) is 0 Å². The van der Waals surface area contributed by atoms with Gasteiger partial charge in [-0.2, -0.15) is 0 Å². The summed E-state index contributed by atoms with van der Waals surface area (Å²) < 4.78 is 30.5. The summed E-state index contributed by atoms with van der Waals surface area (Å²) in [5.74, 6) is -0.167. The lowest BCUT2D eigenvalue weighted by Gasteiger charge is -2.43. The number of hydrogen-bond acceptors (Lipinski definition) is 4. The van der Waals surface area contributed by atoms with Crippen molar-refractivity contribution in [3.63, 3.8) is 0 Å². The van der Waals surface area contributed by atoms with E-state index in [4.69, 9.17) is 14.2 Å². The SMILES string of the molecule is COc1c(F)cccc1C1=CC2COCC(C1)N2C(=O)OCc1ccccc1. The van der Waals surface area contributed by atoms with Gasteiger partial charge in [0.1, 0.15) is 6.61 Å². The lowest BCUT2D eigenvalue weighted by molar-refractivity contribution is -0.0342. The van der Waals surface area contributed by atoms with E-state index in [2.05, 4.69) is 0 Å². The molecule has 0 radical (unpaired) electrons. The Labute approximate surface area is 163 Å². The number of carbonyl (C=O) groups is 1. The molecule has 0 saturated carbocycles. The minimum absolute atomic E-state index is 0.157. The van der Waals surface area contributed by atoms with Crippen LogP contribution >= 0.6 is 0 Å². The zero-order valence-corrected chi connectivity index (χ0v) is 15.6. The predicted octanol–water partition coefficient (Wildman–Crippen LogP) is 4.03. The number of hydrogen-bond donors (Lipinski definition) is 0. The average molecular weight is 383 g/mol. The summed E-state index contributed by atoms with van der Waals surface area (Å²) in [7, 11) is 1.46. The Balaban J connectivity index is 1.54. The molecule has 1 amide bonds. The molecule has 2 heterocycles. The Morgan fingerprint density at radius 3 is 2.75 bits per heavy atom. The summed E-state index contributed by atoms with van der Waals surface area (Å²) >= 11 is 0. The van der Waals surface area contributed by atoms with Crippen LogP contribution in [-0.4, -0.2) is 43.4 Å². The van der Waals surface area contributed by atoms with E-state index in [-0.39, 0.29) is 30.5 Å². The van der Waals surface area contributed by atoms with Crippen LogP contribution in [0.25, 0.3) is 5.57 Å². The number of halogens is 1. The molecular weight excluding hydrogens is 361 g/mol. The quantitative estimate of drug-likeness (QED) is 0.800. The number of para-hydroxylation sites is 1. The highest BCUT2D eigenvalue weighted by molar-refractivity contribution is 5.76. The molecule has 1 saturated heterocycles. The van der Waals surface area contributed by atoms with Gasteiger partial charge in [-0.3, -0.25) is 4.90 Å². The maximum Gasteiger partial charge on any atom is 0.411 e. The van der Waals surface area contributed by atoms with Gasteiger partial charge in [0.05, 0.1) is 32.4 Å². The number of fused-ring (bicyclic) bond motifs is 2. The van der Waals surface area contributed by atoms with Crippen LogP contribution < -0.4 is 4.74 Å². The van der Waals surface area contributed by atoms with Crippen molar-refractivity contribution in [2.45, 2.75) is 25.1 Å². The topological polar surface area (TPSA) is 48.0 Å². The Morgan fingerprint density at radius 2 is 2.00 bits per heavy atom. The molecule has 5 nitrogen and oxygen atoms in total. The Hall–Kier alpha value is -2.86. The third-order valence-corrected chi connectivity index (χ3v) is 5.13. The molecule has 0 aliphatic carbocycles. The van der Waals surface area contributed by atoms with Crippen LogP contribution in [0.1, 0.15) is 17.5 Å². The Kier molecular flexibility index (Phi) is 5.30. The number of benzene rings is 2. The summed E-state index contributed by atoms with van der Waals surface area (Å²) in [4.78, 5) is 14.5. The van der Waals surface area contributed by atoms with E-state index in [9.17, 15) is 9.18 Å². The maximum absolute atomic E-state index is 14.1. The zero-order valence-electron chi connectivity index (χ0n) is 15.6. The molecule has 2 bridgehead atoms. The first-order valence-electron chi connectivity index (χ1n) is 9.27. The molecule has 2 atom stereocenters. The largest absolute Gasteiger partial charge is 0.493 e. The molecular formula is C22H22FNO4. The monoisotopic (exact) mass is 383 g/mol. The minimum Gasteiger partial charge on any atom is -0.493 e. The van der Waals surface area contributed by atoms with Crippen LogP contribution in [-0.2, 0) is 16.1 Å². The minimum atomic E-state index is -0.396. The van der Waals surface area contributed by atoms with Crippen LogP contribution in [0.15, 0.2) is 54.6 Å². The van der Waals surface area contributed by atoms with Crippen molar-refractivity contribution < 1.29 is 23.4 Å². The van der Waals surface area contributed by atoms with E-state index in [1.807, 2.05) is 42.5 Å². The van der Waals surface area contributed by atoms with E-state index >= 15 is 0 Å². The molecule has 2 aliphatic heterocycles. The molecule has 28 heavy (non-hydrogen) atoms. The first-order chi connectivity index (χ1) is 13.7. The van der Waals surface area contributed by atoms with Crippen molar-refractivity contribution in [1.29, 1.82) is 0 Å². The molecule has 6 heteroatoms. The summed E-state index contributed by atoms with van der Waals surface area (Å²) in [6.07, 6.45) is 2.15. The van der Waals surface area contributed by atoms with Gasteiger partial charge in [0.2, 0.25) is 0 Å². The van der Waals surface area contributed by atoms with Gasteiger partial charge in [-0.15, -0.1) is 0 Å². The number of morpholine rings is 1. The fourth-order valence-corrected chi connectivity index (χ4v) is 3.84. The molecule has 2 aromatic rings. The first-order valence-corrected chi connectivity index (χ1v) is 9.27. The number of carbonyl (C=O) groups excluding carboxylic acids is 1. The zero-order chi connectivity index (χ0) is 19.5. The van der Waals surface area contributed by atoms with E-state index in [1.54, 1.807) is 11.0 Å². The van der Waals surface area contributed by atoms with Crippen LogP contribution in [0.4, 0.5) is 9.18 Å². The van der Waals surface area contributed by atoms with Crippen LogP contribution in [0, 0.1) is 5.82 Å². The van der Waals surface area contributed by atoms with Gasteiger partial charge in [-0.05, 0) is 23.6 Å². The number of rotatable bonds is 4. The molecule has 4 rings (SSSR count). The van der Waals surface area contributed by atoms with E-state index < -0.39 is 5.82 Å². The van der Waals surface area contributed by atoms with Crippen molar-refractivity contribution in [2.24, 2.45) is 0 Å². The fourth-order valence-electron chi connectivity index (χ4n) is 3.84. The van der Waals surface area contributed by atoms with Crippen LogP contribution in [0.2, 0.25) is 0 Å².